The quantitative estimate of drug-likeness (QED) is 0.874. The van der Waals surface area contributed by atoms with Gasteiger partial charge in [0.15, 0.2) is 0 Å². The number of fused-ring (bicyclic) bond motifs is 1. The Balaban J connectivity index is 1.73. The lowest BCUT2D eigenvalue weighted by Gasteiger charge is -2.22. The average molecular weight is 294 g/mol. The highest BCUT2D eigenvalue weighted by Crippen LogP contribution is 2.35. The molecule has 1 unspecified atom stereocenters. The van der Waals surface area contributed by atoms with Crippen molar-refractivity contribution < 1.29 is 4.74 Å². The van der Waals surface area contributed by atoms with Gasteiger partial charge < -0.3 is 10.5 Å². The molecule has 0 amide bonds. The lowest BCUT2D eigenvalue weighted by molar-refractivity contribution is 0.241. The molecule has 112 valence electrons. The first-order chi connectivity index (χ1) is 10.7. The molecule has 5 heteroatoms. The summed E-state index contributed by atoms with van der Waals surface area (Å²) in [6.45, 7) is 0.594. The van der Waals surface area contributed by atoms with Gasteiger partial charge in [0.1, 0.15) is 18.5 Å². The number of amidine groups is 1. The molecule has 2 aliphatic rings. The standard InChI is InChI=1S/C17H18N4O/c18-16-21-17(10-22-16)5-1-2-12-3-4-13(6-14(12)7-17)15-8-19-11-20-9-15/h3-4,6,8-9,11H,1-2,5,7,10H2,(H2,18,21). The fraction of sp³-hybridized carbons (Fsp3) is 0.353. The summed E-state index contributed by atoms with van der Waals surface area (Å²) < 4.78 is 5.44. The van der Waals surface area contributed by atoms with Gasteiger partial charge in [0.25, 0.3) is 6.02 Å². The van der Waals surface area contributed by atoms with Gasteiger partial charge in [-0.25, -0.2) is 15.0 Å². The van der Waals surface area contributed by atoms with Crippen molar-refractivity contribution in [1.82, 2.24) is 9.97 Å². The maximum Gasteiger partial charge on any atom is 0.282 e. The molecule has 1 aliphatic heterocycles. The number of aromatic nitrogens is 2. The van der Waals surface area contributed by atoms with Gasteiger partial charge in [-0.2, -0.15) is 0 Å². The predicted octanol–water partition coefficient (Wildman–Crippen LogP) is 2.11. The molecule has 1 atom stereocenters. The van der Waals surface area contributed by atoms with Crippen LogP contribution >= 0.6 is 0 Å². The first-order valence-electron chi connectivity index (χ1n) is 7.59. The molecule has 2 heterocycles. The van der Waals surface area contributed by atoms with Gasteiger partial charge in [-0.05, 0) is 36.0 Å². The number of aryl methyl sites for hydroxylation is 1. The van der Waals surface area contributed by atoms with Gasteiger partial charge >= 0.3 is 0 Å². The van der Waals surface area contributed by atoms with E-state index in [1.807, 2.05) is 12.4 Å². The van der Waals surface area contributed by atoms with Crippen molar-refractivity contribution in [3.63, 3.8) is 0 Å². The van der Waals surface area contributed by atoms with Crippen LogP contribution in [0.4, 0.5) is 0 Å². The van der Waals surface area contributed by atoms with E-state index in [2.05, 4.69) is 33.2 Å². The number of nitrogens with zero attached hydrogens (tertiary/aromatic N) is 3. The van der Waals surface area contributed by atoms with E-state index >= 15 is 0 Å². The number of nitrogens with two attached hydrogens (primary N) is 1. The van der Waals surface area contributed by atoms with Gasteiger partial charge in [0.05, 0.1) is 0 Å². The molecule has 22 heavy (non-hydrogen) atoms. The van der Waals surface area contributed by atoms with E-state index in [4.69, 9.17) is 10.5 Å². The average Bonchev–Trinajstić information content (AvgIpc) is 2.80. The highest BCUT2D eigenvalue weighted by Gasteiger charge is 2.37. The number of ether oxygens (including phenoxy) is 1. The van der Waals surface area contributed by atoms with Crippen LogP contribution in [0.25, 0.3) is 11.1 Å². The zero-order valence-corrected chi connectivity index (χ0v) is 12.3. The fourth-order valence-electron chi connectivity index (χ4n) is 3.44. The summed E-state index contributed by atoms with van der Waals surface area (Å²) in [5.74, 6) is 0. The first kappa shape index (κ1) is 13.2. The molecule has 0 saturated heterocycles. The monoisotopic (exact) mass is 294 g/mol. The summed E-state index contributed by atoms with van der Waals surface area (Å²) >= 11 is 0. The van der Waals surface area contributed by atoms with Crippen LogP contribution in [0, 0.1) is 0 Å². The Morgan fingerprint density at radius 2 is 1.95 bits per heavy atom. The SMILES string of the molecule is NC1=NC2(CCCc3ccc(-c4cncnc4)cc3C2)CO1. The highest BCUT2D eigenvalue weighted by molar-refractivity contribution is 5.74. The van der Waals surface area contributed by atoms with Crippen LogP contribution in [0.2, 0.25) is 0 Å². The minimum absolute atomic E-state index is 0.179. The van der Waals surface area contributed by atoms with E-state index in [1.54, 1.807) is 6.33 Å². The minimum Gasteiger partial charge on any atom is -0.463 e. The first-order valence-corrected chi connectivity index (χ1v) is 7.59. The van der Waals surface area contributed by atoms with Crippen LogP contribution in [-0.4, -0.2) is 28.1 Å². The van der Waals surface area contributed by atoms with Gasteiger partial charge in [-0.1, -0.05) is 18.2 Å². The molecule has 2 aromatic rings. The maximum absolute atomic E-state index is 5.74. The Kier molecular flexibility index (Phi) is 3.06. The molecule has 1 spiro atoms. The highest BCUT2D eigenvalue weighted by atomic mass is 16.5. The van der Waals surface area contributed by atoms with Crippen molar-refractivity contribution in [2.75, 3.05) is 6.61 Å². The van der Waals surface area contributed by atoms with E-state index in [-0.39, 0.29) is 5.54 Å². The van der Waals surface area contributed by atoms with Gasteiger partial charge in [-0.15, -0.1) is 0 Å². The van der Waals surface area contributed by atoms with E-state index in [0.717, 1.165) is 36.8 Å². The van der Waals surface area contributed by atoms with Crippen molar-refractivity contribution in [3.8, 4) is 11.1 Å². The van der Waals surface area contributed by atoms with Crippen molar-refractivity contribution in [2.45, 2.75) is 31.2 Å². The third-order valence-electron chi connectivity index (χ3n) is 4.54. The molecule has 2 N–H and O–H groups in total. The Morgan fingerprint density at radius 1 is 1.09 bits per heavy atom. The molecular weight excluding hydrogens is 276 g/mol. The van der Waals surface area contributed by atoms with E-state index in [9.17, 15) is 0 Å². The molecule has 0 radical (unpaired) electrons. The second-order valence-electron chi connectivity index (χ2n) is 6.10. The molecule has 4 rings (SSSR count). The van der Waals surface area contributed by atoms with Crippen LogP contribution in [0.1, 0.15) is 24.0 Å². The normalized spacial score (nSPS) is 23.5. The molecule has 0 saturated carbocycles. The second kappa shape index (κ2) is 5.09. The number of aliphatic imine (C=N–C) groups is 1. The van der Waals surface area contributed by atoms with Crippen LogP contribution < -0.4 is 5.73 Å². The largest absolute Gasteiger partial charge is 0.463 e. The van der Waals surface area contributed by atoms with Crippen molar-refractivity contribution in [1.29, 1.82) is 0 Å². The van der Waals surface area contributed by atoms with Gasteiger partial charge in [-0.3, -0.25) is 0 Å². The summed E-state index contributed by atoms with van der Waals surface area (Å²) in [6.07, 6.45) is 9.33. The summed E-state index contributed by atoms with van der Waals surface area (Å²) in [5.41, 5.74) is 10.5. The van der Waals surface area contributed by atoms with Crippen molar-refractivity contribution in [3.05, 3.63) is 48.0 Å². The third-order valence-corrected chi connectivity index (χ3v) is 4.54. The zero-order valence-electron chi connectivity index (χ0n) is 12.3. The molecule has 1 aromatic carbocycles. The van der Waals surface area contributed by atoms with Gasteiger partial charge in [0.2, 0.25) is 0 Å². The molecule has 0 bridgehead atoms. The Hall–Kier alpha value is -2.43. The van der Waals surface area contributed by atoms with Crippen LogP contribution in [0.3, 0.4) is 0 Å². The summed E-state index contributed by atoms with van der Waals surface area (Å²) in [6, 6.07) is 6.94. The molecule has 1 aromatic heterocycles. The van der Waals surface area contributed by atoms with Gasteiger partial charge in [0, 0.05) is 24.4 Å². The Bertz CT molecular complexity index is 729. The molecule has 0 fully saturated rings. The van der Waals surface area contributed by atoms with Crippen LogP contribution in [0.15, 0.2) is 41.9 Å². The summed E-state index contributed by atoms with van der Waals surface area (Å²) in [5, 5.41) is 0. The van der Waals surface area contributed by atoms with Crippen molar-refractivity contribution in [2.24, 2.45) is 10.7 Å². The second-order valence-corrected chi connectivity index (χ2v) is 6.10. The number of rotatable bonds is 1. The Labute approximate surface area is 129 Å². The van der Waals surface area contributed by atoms with Crippen molar-refractivity contribution >= 4 is 6.02 Å². The summed E-state index contributed by atoms with van der Waals surface area (Å²) in [7, 11) is 0. The predicted molar refractivity (Wildman–Crippen MR) is 84.4 cm³/mol. The van der Waals surface area contributed by atoms with Crippen LogP contribution in [0.5, 0.6) is 0 Å². The number of hydrogen-bond donors (Lipinski definition) is 1. The lowest BCUT2D eigenvalue weighted by Crippen LogP contribution is -2.30. The zero-order chi connectivity index (χ0) is 15.0. The maximum atomic E-state index is 5.74. The fourth-order valence-corrected chi connectivity index (χ4v) is 3.44. The number of benzene rings is 1. The molecule has 5 nitrogen and oxygen atoms in total. The topological polar surface area (TPSA) is 73.4 Å². The van der Waals surface area contributed by atoms with E-state index in [0.29, 0.717) is 12.6 Å². The lowest BCUT2D eigenvalue weighted by atomic mass is 9.89. The van der Waals surface area contributed by atoms with E-state index < -0.39 is 0 Å². The molecule has 1 aliphatic carbocycles. The van der Waals surface area contributed by atoms with E-state index in [1.165, 1.54) is 11.1 Å². The third kappa shape index (κ3) is 2.32. The minimum atomic E-state index is -0.179. The summed E-state index contributed by atoms with van der Waals surface area (Å²) in [4.78, 5) is 12.8. The number of hydrogen-bond acceptors (Lipinski definition) is 5. The van der Waals surface area contributed by atoms with Crippen LogP contribution in [-0.2, 0) is 17.6 Å². The Morgan fingerprint density at radius 3 is 2.73 bits per heavy atom. The smallest absolute Gasteiger partial charge is 0.282 e. The molecular formula is C17H18N4O.